The normalized spacial score (nSPS) is 23.8. The molecule has 3 nitrogen and oxygen atoms in total. The van der Waals surface area contributed by atoms with Gasteiger partial charge in [-0.3, -0.25) is 4.90 Å². The Balaban J connectivity index is 1.84. The maximum Gasteiger partial charge on any atom is 0.125 e. The van der Waals surface area contributed by atoms with Crippen molar-refractivity contribution in [2.45, 2.75) is 33.6 Å². The average Bonchev–Trinajstić information content (AvgIpc) is 2.42. The largest absolute Gasteiger partial charge is 0.492 e. The molecule has 112 valence electrons. The van der Waals surface area contributed by atoms with Crippen LogP contribution in [0.2, 0.25) is 0 Å². The van der Waals surface area contributed by atoms with E-state index in [4.69, 9.17) is 4.74 Å². The van der Waals surface area contributed by atoms with E-state index in [2.05, 4.69) is 43.9 Å². The molecule has 1 saturated heterocycles. The van der Waals surface area contributed by atoms with Gasteiger partial charge in [0.1, 0.15) is 12.4 Å². The van der Waals surface area contributed by atoms with Gasteiger partial charge in [0.15, 0.2) is 0 Å². The van der Waals surface area contributed by atoms with E-state index in [-0.39, 0.29) is 12.0 Å². The third-order valence-corrected chi connectivity index (χ3v) is 4.30. The van der Waals surface area contributed by atoms with Crippen molar-refractivity contribution in [2.75, 3.05) is 32.8 Å². The number of benzene rings is 1. The Morgan fingerprint density at radius 2 is 2.00 bits per heavy atom. The quantitative estimate of drug-likeness (QED) is 0.898. The minimum atomic E-state index is 0.0663. The van der Waals surface area contributed by atoms with Crippen LogP contribution in [-0.4, -0.2) is 42.9 Å². The Morgan fingerprint density at radius 1 is 1.30 bits per heavy atom. The van der Waals surface area contributed by atoms with Crippen molar-refractivity contribution in [3.63, 3.8) is 0 Å². The van der Waals surface area contributed by atoms with Crippen LogP contribution in [0.3, 0.4) is 0 Å². The third-order valence-electron chi connectivity index (χ3n) is 4.30. The van der Waals surface area contributed by atoms with Gasteiger partial charge in [0.2, 0.25) is 0 Å². The van der Waals surface area contributed by atoms with E-state index in [1.54, 1.807) is 0 Å². The Labute approximate surface area is 122 Å². The highest BCUT2D eigenvalue weighted by atomic mass is 16.5. The molecule has 20 heavy (non-hydrogen) atoms. The average molecular weight is 277 g/mol. The first kappa shape index (κ1) is 15.3. The minimum absolute atomic E-state index is 0.0663. The summed E-state index contributed by atoms with van der Waals surface area (Å²) in [5.74, 6) is 1.02. The van der Waals surface area contributed by atoms with Crippen molar-refractivity contribution in [3.8, 4) is 5.75 Å². The highest BCUT2D eigenvalue weighted by molar-refractivity contribution is 5.39. The van der Waals surface area contributed by atoms with Crippen LogP contribution in [0.25, 0.3) is 0 Å². The summed E-state index contributed by atoms with van der Waals surface area (Å²) in [6, 6.07) is 6.24. The van der Waals surface area contributed by atoms with Crippen LogP contribution in [-0.2, 0) is 0 Å². The molecule has 0 amide bonds. The van der Waals surface area contributed by atoms with Gasteiger partial charge in [-0.15, -0.1) is 0 Å². The van der Waals surface area contributed by atoms with Crippen molar-refractivity contribution >= 4 is 0 Å². The number of para-hydroxylation sites is 1. The van der Waals surface area contributed by atoms with E-state index < -0.39 is 0 Å². The van der Waals surface area contributed by atoms with E-state index in [1.807, 2.05) is 0 Å². The summed E-state index contributed by atoms with van der Waals surface area (Å²) < 4.78 is 5.97. The first-order valence-corrected chi connectivity index (χ1v) is 7.56. The second-order valence-corrected chi connectivity index (χ2v) is 6.42. The van der Waals surface area contributed by atoms with Gasteiger partial charge in [-0.25, -0.2) is 0 Å². The molecule has 1 aromatic rings. The molecule has 1 unspecified atom stereocenters. The molecule has 1 N–H and O–H groups in total. The second-order valence-electron chi connectivity index (χ2n) is 6.42. The number of piperidine rings is 1. The molecule has 1 aliphatic heterocycles. The fraction of sp³-hybridized carbons (Fsp3) is 0.647. The van der Waals surface area contributed by atoms with E-state index in [0.29, 0.717) is 6.61 Å². The summed E-state index contributed by atoms with van der Waals surface area (Å²) in [4.78, 5) is 2.41. The zero-order valence-electron chi connectivity index (χ0n) is 13.0. The fourth-order valence-electron chi connectivity index (χ4n) is 3.05. The minimum Gasteiger partial charge on any atom is -0.492 e. The standard InChI is InChI=1S/C17H27NO2/c1-14-6-4-7-15(2)16(14)20-11-10-18-9-5-8-17(3,12-18)13-19/h4,6-7,19H,5,8-13H2,1-3H3. The molecule has 1 atom stereocenters. The van der Waals surface area contributed by atoms with E-state index in [9.17, 15) is 5.11 Å². The highest BCUT2D eigenvalue weighted by Crippen LogP contribution is 2.28. The summed E-state index contributed by atoms with van der Waals surface area (Å²) in [5.41, 5.74) is 2.46. The van der Waals surface area contributed by atoms with Gasteiger partial charge in [-0.05, 0) is 44.4 Å². The smallest absolute Gasteiger partial charge is 0.125 e. The molecule has 1 aromatic carbocycles. The highest BCUT2D eigenvalue weighted by Gasteiger charge is 2.29. The number of hydrogen-bond acceptors (Lipinski definition) is 3. The van der Waals surface area contributed by atoms with Crippen LogP contribution in [0.15, 0.2) is 18.2 Å². The van der Waals surface area contributed by atoms with Gasteiger partial charge in [-0.2, -0.15) is 0 Å². The summed E-state index contributed by atoms with van der Waals surface area (Å²) in [5, 5.41) is 9.49. The van der Waals surface area contributed by atoms with Gasteiger partial charge in [0, 0.05) is 25.1 Å². The lowest BCUT2D eigenvalue weighted by Crippen LogP contribution is -2.45. The molecule has 1 fully saturated rings. The van der Waals surface area contributed by atoms with Crippen LogP contribution in [0.4, 0.5) is 0 Å². The van der Waals surface area contributed by atoms with Crippen molar-refractivity contribution < 1.29 is 9.84 Å². The molecule has 1 heterocycles. The summed E-state index contributed by atoms with van der Waals surface area (Å²) in [6.45, 7) is 10.4. The van der Waals surface area contributed by atoms with Crippen molar-refractivity contribution in [1.82, 2.24) is 4.90 Å². The molecule has 3 heteroatoms. The number of aryl methyl sites for hydroxylation is 2. The molecule has 0 aliphatic carbocycles. The molecule has 2 rings (SSSR count). The van der Waals surface area contributed by atoms with Gasteiger partial charge < -0.3 is 9.84 Å². The predicted molar refractivity (Wildman–Crippen MR) is 82.3 cm³/mol. The monoisotopic (exact) mass is 277 g/mol. The molecule has 0 aromatic heterocycles. The molecule has 0 radical (unpaired) electrons. The summed E-state index contributed by atoms with van der Waals surface area (Å²) in [7, 11) is 0. The first-order chi connectivity index (χ1) is 9.54. The number of likely N-dealkylation sites (tertiary alicyclic amines) is 1. The van der Waals surface area contributed by atoms with Crippen molar-refractivity contribution in [1.29, 1.82) is 0 Å². The molecule has 0 bridgehead atoms. The molecule has 1 aliphatic rings. The topological polar surface area (TPSA) is 32.7 Å². The number of nitrogens with zero attached hydrogens (tertiary/aromatic N) is 1. The maximum atomic E-state index is 9.49. The predicted octanol–water partition coefficient (Wildman–Crippen LogP) is 2.78. The van der Waals surface area contributed by atoms with Crippen LogP contribution >= 0.6 is 0 Å². The molecule has 0 spiro atoms. The Bertz CT molecular complexity index is 426. The van der Waals surface area contributed by atoms with E-state index in [0.717, 1.165) is 31.8 Å². The number of aliphatic hydroxyl groups is 1. The maximum absolute atomic E-state index is 9.49. The lowest BCUT2D eigenvalue weighted by Gasteiger charge is -2.39. The molecular formula is C17H27NO2. The second kappa shape index (κ2) is 6.59. The fourth-order valence-corrected chi connectivity index (χ4v) is 3.05. The lowest BCUT2D eigenvalue weighted by atomic mass is 9.83. The third kappa shape index (κ3) is 3.74. The van der Waals surface area contributed by atoms with Gasteiger partial charge in [0.05, 0.1) is 0 Å². The Morgan fingerprint density at radius 3 is 2.65 bits per heavy atom. The lowest BCUT2D eigenvalue weighted by molar-refractivity contribution is 0.0405. The number of rotatable bonds is 5. The zero-order valence-corrected chi connectivity index (χ0v) is 13.0. The summed E-state index contributed by atoms with van der Waals surface area (Å²) >= 11 is 0. The van der Waals surface area contributed by atoms with Crippen LogP contribution < -0.4 is 4.74 Å². The SMILES string of the molecule is Cc1cccc(C)c1OCCN1CCCC(C)(CO)C1. The van der Waals surface area contributed by atoms with Crippen LogP contribution in [0.1, 0.15) is 30.9 Å². The van der Waals surface area contributed by atoms with E-state index >= 15 is 0 Å². The van der Waals surface area contributed by atoms with Gasteiger partial charge >= 0.3 is 0 Å². The number of aliphatic hydroxyl groups excluding tert-OH is 1. The first-order valence-electron chi connectivity index (χ1n) is 7.56. The van der Waals surface area contributed by atoms with E-state index in [1.165, 1.54) is 17.5 Å². The molecular weight excluding hydrogens is 250 g/mol. The molecule has 0 saturated carbocycles. The van der Waals surface area contributed by atoms with Crippen molar-refractivity contribution in [3.05, 3.63) is 29.3 Å². The van der Waals surface area contributed by atoms with Crippen LogP contribution in [0, 0.1) is 19.3 Å². The van der Waals surface area contributed by atoms with Gasteiger partial charge in [0.25, 0.3) is 0 Å². The van der Waals surface area contributed by atoms with Crippen molar-refractivity contribution in [2.24, 2.45) is 5.41 Å². The Hall–Kier alpha value is -1.06. The number of ether oxygens (including phenoxy) is 1. The zero-order chi connectivity index (χ0) is 14.6. The number of hydrogen-bond donors (Lipinski definition) is 1. The Kier molecular flexibility index (Phi) is 5.06. The van der Waals surface area contributed by atoms with Crippen LogP contribution in [0.5, 0.6) is 5.75 Å². The summed E-state index contributed by atoms with van der Waals surface area (Å²) in [6.07, 6.45) is 2.29. The van der Waals surface area contributed by atoms with Gasteiger partial charge in [-0.1, -0.05) is 25.1 Å².